The van der Waals surface area contributed by atoms with Crippen molar-refractivity contribution in [3.63, 3.8) is 0 Å². The summed E-state index contributed by atoms with van der Waals surface area (Å²) in [4.78, 5) is 0. The standard InChI is InChI=1S/C8H12N2O3S/c1-13-8-4-2-7(3-5-8)10-14(11,12)6-9/h2-5,10H,6,9H2,1H3. The van der Waals surface area contributed by atoms with Crippen molar-refractivity contribution in [2.24, 2.45) is 5.73 Å². The Labute approximate surface area is 82.9 Å². The van der Waals surface area contributed by atoms with Crippen LogP contribution in [0, 0.1) is 0 Å². The normalized spacial score (nSPS) is 11.0. The molecule has 0 aromatic heterocycles. The number of anilines is 1. The molecule has 0 atom stereocenters. The number of sulfonamides is 1. The summed E-state index contributed by atoms with van der Waals surface area (Å²) in [6.45, 7) is 0. The molecule has 1 rings (SSSR count). The fourth-order valence-corrected chi connectivity index (χ4v) is 1.46. The molecule has 0 saturated carbocycles. The minimum absolute atomic E-state index is 0.432. The van der Waals surface area contributed by atoms with Crippen LogP contribution in [-0.4, -0.2) is 21.4 Å². The van der Waals surface area contributed by atoms with Crippen molar-refractivity contribution >= 4 is 15.7 Å². The van der Waals surface area contributed by atoms with Gasteiger partial charge in [-0.15, -0.1) is 0 Å². The van der Waals surface area contributed by atoms with Gasteiger partial charge in [0.25, 0.3) is 0 Å². The first-order chi connectivity index (χ1) is 6.57. The second kappa shape index (κ2) is 4.30. The zero-order valence-corrected chi connectivity index (χ0v) is 8.54. The van der Waals surface area contributed by atoms with Gasteiger partial charge < -0.3 is 10.5 Å². The second-order valence-corrected chi connectivity index (χ2v) is 4.38. The molecule has 1 aromatic carbocycles. The summed E-state index contributed by atoms with van der Waals surface area (Å²) in [5.74, 6) is 0.236. The highest BCUT2D eigenvalue weighted by atomic mass is 32.2. The van der Waals surface area contributed by atoms with Crippen molar-refractivity contribution < 1.29 is 13.2 Å². The highest BCUT2D eigenvalue weighted by Gasteiger charge is 2.06. The van der Waals surface area contributed by atoms with E-state index in [0.29, 0.717) is 11.4 Å². The highest BCUT2D eigenvalue weighted by Crippen LogP contribution is 2.15. The molecule has 0 fully saturated rings. The number of hydrogen-bond donors (Lipinski definition) is 2. The third-order valence-electron chi connectivity index (χ3n) is 1.58. The van der Waals surface area contributed by atoms with Crippen LogP contribution in [0.15, 0.2) is 24.3 Å². The fraction of sp³-hybridized carbons (Fsp3) is 0.250. The molecule has 78 valence electrons. The molecule has 0 bridgehead atoms. The maximum absolute atomic E-state index is 11.1. The number of benzene rings is 1. The lowest BCUT2D eigenvalue weighted by Gasteiger charge is -2.06. The Hall–Kier alpha value is -1.27. The van der Waals surface area contributed by atoms with Crippen molar-refractivity contribution in [3.05, 3.63) is 24.3 Å². The molecule has 0 heterocycles. The largest absolute Gasteiger partial charge is 0.497 e. The molecular formula is C8H12N2O3S. The summed E-state index contributed by atoms with van der Waals surface area (Å²) in [7, 11) is -1.86. The number of hydrogen-bond acceptors (Lipinski definition) is 4. The van der Waals surface area contributed by atoms with E-state index in [-0.39, 0.29) is 0 Å². The lowest BCUT2D eigenvalue weighted by Crippen LogP contribution is -2.22. The second-order valence-electron chi connectivity index (χ2n) is 2.61. The molecule has 0 saturated heterocycles. The smallest absolute Gasteiger partial charge is 0.245 e. The van der Waals surface area contributed by atoms with Gasteiger partial charge in [-0.3, -0.25) is 4.72 Å². The van der Waals surface area contributed by atoms with Crippen molar-refractivity contribution in [1.29, 1.82) is 0 Å². The Morgan fingerprint density at radius 2 is 1.93 bits per heavy atom. The number of methoxy groups -OCH3 is 1. The van der Waals surface area contributed by atoms with E-state index in [2.05, 4.69) is 4.72 Å². The van der Waals surface area contributed by atoms with Crippen LogP contribution in [0.25, 0.3) is 0 Å². The highest BCUT2D eigenvalue weighted by molar-refractivity contribution is 7.92. The predicted molar refractivity (Wildman–Crippen MR) is 54.6 cm³/mol. The van der Waals surface area contributed by atoms with Gasteiger partial charge in [-0.1, -0.05) is 0 Å². The molecule has 1 aromatic rings. The molecule has 5 nitrogen and oxygen atoms in total. The minimum atomic E-state index is -3.41. The van der Waals surface area contributed by atoms with Crippen LogP contribution in [0.5, 0.6) is 5.75 Å². The lowest BCUT2D eigenvalue weighted by molar-refractivity contribution is 0.415. The summed E-state index contributed by atoms with van der Waals surface area (Å²) >= 11 is 0. The first-order valence-electron chi connectivity index (χ1n) is 3.92. The van der Waals surface area contributed by atoms with E-state index in [1.54, 1.807) is 31.4 Å². The Morgan fingerprint density at radius 1 is 1.36 bits per heavy atom. The molecule has 0 spiro atoms. The van der Waals surface area contributed by atoms with Crippen molar-refractivity contribution in [2.45, 2.75) is 0 Å². The molecular weight excluding hydrogens is 204 g/mol. The molecule has 6 heteroatoms. The summed E-state index contributed by atoms with van der Waals surface area (Å²) in [5.41, 5.74) is 5.50. The van der Waals surface area contributed by atoms with Gasteiger partial charge >= 0.3 is 0 Å². The van der Waals surface area contributed by atoms with E-state index in [1.165, 1.54) is 0 Å². The van der Waals surface area contributed by atoms with Gasteiger partial charge in [0.15, 0.2) is 0 Å². The summed E-state index contributed by atoms with van der Waals surface area (Å²) in [6, 6.07) is 6.53. The minimum Gasteiger partial charge on any atom is -0.497 e. The summed E-state index contributed by atoms with van der Waals surface area (Å²) in [6.07, 6.45) is 0. The molecule has 3 N–H and O–H groups in total. The Bertz CT molecular complexity index is 386. The maximum atomic E-state index is 11.1. The van der Waals surface area contributed by atoms with Crippen LogP contribution >= 0.6 is 0 Å². The quantitative estimate of drug-likeness (QED) is 0.761. The number of ether oxygens (including phenoxy) is 1. The molecule has 0 aliphatic carbocycles. The van der Waals surface area contributed by atoms with Crippen LogP contribution in [-0.2, 0) is 10.0 Å². The van der Waals surface area contributed by atoms with Crippen LogP contribution < -0.4 is 15.2 Å². The summed E-state index contributed by atoms with van der Waals surface area (Å²) in [5, 5.41) is 0. The van der Waals surface area contributed by atoms with Gasteiger partial charge in [0, 0.05) is 5.69 Å². The van der Waals surface area contributed by atoms with Crippen LogP contribution in [0.3, 0.4) is 0 Å². The number of nitrogens with one attached hydrogen (secondary N) is 1. The third kappa shape index (κ3) is 2.90. The third-order valence-corrected chi connectivity index (χ3v) is 2.57. The molecule has 0 radical (unpaired) electrons. The molecule has 14 heavy (non-hydrogen) atoms. The SMILES string of the molecule is COc1ccc(NS(=O)(=O)CN)cc1. The first-order valence-corrected chi connectivity index (χ1v) is 5.57. The Morgan fingerprint density at radius 3 is 2.36 bits per heavy atom. The number of nitrogens with two attached hydrogens (primary N) is 1. The van der Waals surface area contributed by atoms with E-state index < -0.39 is 15.9 Å². The van der Waals surface area contributed by atoms with Crippen molar-refractivity contribution in [3.8, 4) is 5.75 Å². The van der Waals surface area contributed by atoms with Crippen LogP contribution in [0.1, 0.15) is 0 Å². The first kappa shape index (κ1) is 10.8. The zero-order valence-electron chi connectivity index (χ0n) is 7.73. The van der Waals surface area contributed by atoms with Gasteiger partial charge in [-0.05, 0) is 24.3 Å². The van der Waals surface area contributed by atoms with Crippen LogP contribution in [0.2, 0.25) is 0 Å². The molecule has 0 aliphatic rings. The fourth-order valence-electron chi connectivity index (χ4n) is 0.880. The summed E-state index contributed by atoms with van der Waals surface area (Å²) < 4.78 is 29.3. The Kier molecular flexibility index (Phi) is 3.32. The van der Waals surface area contributed by atoms with Crippen molar-refractivity contribution in [1.82, 2.24) is 0 Å². The van der Waals surface area contributed by atoms with Crippen molar-refractivity contribution in [2.75, 3.05) is 17.7 Å². The molecule has 0 aliphatic heterocycles. The lowest BCUT2D eigenvalue weighted by atomic mass is 10.3. The molecule has 0 amide bonds. The number of rotatable bonds is 4. The topological polar surface area (TPSA) is 81.4 Å². The Balaban J connectivity index is 2.79. The van der Waals surface area contributed by atoms with Gasteiger partial charge in [-0.25, -0.2) is 8.42 Å². The van der Waals surface area contributed by atoms with E-state index >= 15 is 0 Å². The monoisotopic (exact) mass is 216 g/mol. The van der Waals surface area contributed by atoms with Gasteiger partial charge in [0.05, 0.1) is 7.11 Å². The average molecular weight is 216 g/mol. The van der Waals surface area contributed by atoms with Gasteiger partial charge in [-0.2, -0.15) is 0 Å². The van der Waals surface area contributed by atoms with Gasteiger partial charge in [0.2, 0.25) is 10.0 Å². The predicted octanol–water partition coefficient (Wildman–Crippen LogP) is 0.353. The van der Waals surface area contributed by atoms with E-state index in [1.807, 2.05) is 0 Å². The van der Waals surface area contributed by atoms with Gasteiger partial charge in [0.1, 0.15) is 11.6 Å². The van der Waals surface area contributed by atoms with E-state index in [4.69, 9.17) is 10.5 Å². The molecule has 0 unspecified atom stereocenters. The zero-order chi connectivity index (χ0) is 10.6. The maximum Gasteiger partial charge on any atom is 0.245 e. The van der Waals surface area contributed by atoms with Crippen LogP contribution in [0.4, 0.5) is 5.69 Å². The average Bonchev–Trinajstić information content (AvgIpc) is 2.19. The van der Waals surface area contributed by atoms with E-state index in [9.17, 15) is 8.42 Å². The van der Waals surface area contributed by atoms with E-state index in [0.717, 1.165) is 0 Å².